The summed E-state index contributed by atoms with van der Waals surface area (Å²) in [5.74, 6) is 0.444. The summed E-state index contributed by atoms with van der Waals surface area (Å²) < 4.78 is 16.0. The van der Waals surface area contributed by atoms with Crippen molar-refractivity contribution in [1.29, 1.82) is 0 Å². The van der Waals surface area contributed by atoms with E-state index in [1.165, 1.54) is 6.33 Å². The monoisotopic (exact) mass is 450 g/mol. The Hall–Kier alpha value is -4.25. The van der Waals surface area contributed by atoms with E-state index in [2.05, 4.69) is 31.3 Å². The second-order valence-electron chi connectivity index (χ2n) is 6.40. The van der Waals surface area contributed by atoms with Gasteiger partial charge in [-0.1, -0.05) is 35.5 Å². The molecule has 162 valence electrons. The maximum absolute atomic E-state index is 12.2. The lowest BCUT2D eigenvalue weighted by molar-refractivity contribution is -0.123. The first-order valence-corrected chi connectivity index (χ1v) is 9.83. The average molecular weight is 450 g/mol. The van der Waals surface area contributed by atoms with E-state index in [4.69, 9.17) is 26.2 Å². The number of carbonyl (C=O) groups excluding carboxylic acids is 1. The van der Waals surface area contributed by atoms with Gasteiger partial charge in [-0.2, -0.15) is 4.98 Å². The van der Waals surface area contributed by atoms with Crippen LogP contribution in [0.3, 0.4) is 0 Å². The summed E-state index contributed by atoms with van der Waals surface area (Å²) in [5.41, 5.74) is 7.41. The van der Waals surface area contributed by atoms with Gasteiger partial charge in [0, 0.05) is 11.3 Å². The number of fused-ring (bicyclic) bond motifs is 1. The predicted octanol–water partition coefficient (Wildman–Crippen LogP) is 2.69. The molecule has 0 bridgehead atoms. The number of benzene rings is 2. The number of ether oxygens (including phenoxy) is 2. The molecule has 0 aliphatic carbocycles. The topological polar surface area (TPSA) is 123 Å². The normalized spacial score (nSPS) is 10.4. The molecule has 32 heavy (non-hydrogen) atoms. The van der Waals surface area contributed by atoms with Crippen molar-refractivity contribution < 1.29 is 18.8 Å². The zero-order chi connectivity index (χ0) is 22.3. The molecule has 3 N–H and O–H groups in total. The van der Waals surface area contributed by atoms with Crippen molar-refractivity contribution in [1.82, 2.24) is 26.0 Å². The van der Waals surface area contributed by atoms with Crippen LogP contribution >= 0.6 is 12.2 Å². The minimum atomic E-state index is -0.464. The second kappa shape index (κ2) is 9.71. The lowest BCUT2D eigenvalue weighted by Gasteiger charge is -2.12. The summed E-state index contributed by atoms with van der Waals surface area (Å²) in [6.07, 6.45) is 1.28. The number of rotatable bonds is 6. The Morgan fingerprint density at radius 1 is 1.06 bits per heavy atom. The second-order valence-corrected chi connectivity index (χ2v) is 6.81. The van der Waals surface area contributed by atoms with Crippen LogP contribution in [0.4, 0.5) is 5.69 Å². The summed E-state index contributed by atoms with van der Waals surface area (Å²) in [6.45, 7) is -0.316. The molecule has 2 heterocycles. The van der Waals surface area contributed by atoms with Gasteiger partial charge >= 0.3 is 0 Å². The SMILES string of the molecule is COc1ccc(NC(=S)NNC(=O)COc2ncnc3onc(-c4ccccc4)c23)cc1. The Kier molecular flexibility index (Phi) is 6.37. The maximum Gasteiger partial charge on any atom is 0.276 e. The Balaban J connectivity index is 1.35. The molecule has 0 saturated carbocycles. The first-order chi connectivity index (χ1) is 15.6. The molecule has 0 fully saturated rings. The number of thiocarbonyl (C=S) groups is 1. The highest BCUT2D eigenvalue weighted by atomic mass is 32.1. The highest BCUT2D eigenvalue weighted by Gasteiger charge is 2.18. The first kappa shape index (κ1) is 21.0. The molecule has 0 unspecified atom stereocenters. The van der Waals surface area contributed by atoms with Crippen LogP contribution in [-0.4, -0.2) is 39.9 Å². The number of anilines is 1. The molecule has 2 aromatic carbocycles. The van der Waals surface area contributed by atoms with E-state index in [-0.39, 0.29) is 23.3 Å². The smallest absolute Gasteiger partial charge is 0.276 e. The van der Waals surface area contributed by atoms with E-state index in [9.17, 15) is 4.79 Å². The molecule has 1 amide bonds. The Bertz CT molecular complexity index is 1230. The number of hydrogen-bond donors (Lipinski definition) is 3. The van der Waals surface area contributed by atoms with Gasteiger partial charge in [0.2, 0.25) is 5.88 Å². The molecule has 0 spiro atoms. The van der Waals surface area contributed by atoms with E-state index in [1.54, 1.807) is 31.4 Å². The van der Waals surface area contributed by atoms with Crippen molar-refractivity contribution in [3.63, 3.8) is 0 Å². The van der Waals surface area contributed by atoms with Crippen molar-refractivity contribution in [3.05, 3.63) is 60.9 Å². The van der Waals surface area contributed by atoms with Crippen LogP contribution in [0.25, 0.3) is 22.4 Å². The molecule has 4 aromatic rings. The fourth-order valence-electron chi connectivity index (χ4n) is 2.80. The van der Waals surface area contributed by atoms with Crippen molar-refractivity contribution in [2.45, 2.75) is 0 Å². The molecule has 0 radical (unpaired) electrons. The molecular formula is C21H18N6O4S. The van der Waals surface area contributed by atoms with Crippen LogP contribution in [0.15, 0.2) is 65.4 Å². The standard InChI is InChI=1S/C21H18N6O4S/c1-29-15-9-7-14(8-10-15)24-21(32)26-25-16(28)11-30-19-17-18(13-5-3-2-4-6-13)27-31-20(17)23-12-22-19/h2-10,12H,11H2,1H3,(H,25,28)(H2,24,26,32). The number of amides is 1. The minimum absolute atomic E-state index is 0.184. The van der Waals surface area contributed by atoms with Crippen LogP contribution < -0.4 is 25.6 Å². The van der Waals surface area contributed by atoms with E-state index in [1.807, 2.05) is 30.3 Å². The first-order valence-electron chi connectivity index (χ1n) is 9.42. The molecular weight excluding hydrogens is 432 g/mol. The van der Waals surface area contributed by atoms with Crippen molar-refractivity contribution in [2.24, 2.45) is 0 Å². The Morgan fingerprint density at radius 2 is 1.84 bits per heavy atom. The van der Waals surface area contributed by atoms with E-state index < -0.39 is 5.91 Å². The predicted molar refractivity (Wildman–Crippen MR) is 121 cm³/mol. The fourth-order valence-corrected chi connectivity index (χ4v) is 2.97. The summed E-state index contributed by atoms with van der Waals surface area (Å²) in [4.78, 5) is 20.4. The molecule has 0 aliphatic rings. The highest BCUT2D eigenvalue weighted by Crippen LogP contribution is 2.32. The third-order valence-corrected chi connectivity index (χ3v) is 4.49. The number of carbonyl (C=O) groups is 1. The number of methoxy groups -OCH3 is 1. The average Bonchev–Trinajstić information content (AvgIpc) is 3.27. The third kappa shape index (κ3) is 4.90. The zero-order valence-corrected chi connectivity index (χ0v) is 17.7. The molecule has 10 nitrogen and oxygen atoms in total. The third-order valence-electron chi connectivity index (χ3n) is 4.29. The number of nitrogens with zero attached hydrogens (tertiary/aromatic N) is 3. The van der Waals surface area contributed by atoms with Gasteiger partial charge in [0.1, 0.15) is 23.2 Å². The van der Waals surface area contributed by atoms with Crippen LogP contribution in [0.5, 0.6) is 11.6 Å². The van der Waals surface area contributed by atoms with Crippen LogP contribution in [0.1, 0.15) is 0 Å². The van der Waals surface area contributed by atoms with E-state index in [0.717, 1.165) is 17.0 Å². The number of hydrogen-bond acceptors (Lipinski definition) is 8. The Morgan fingerprint density at radius 3 is 2.59 bits per heavy atom. The molecule has 0 atom stereocenters. The van der Waals surface area contributed by atoms with Gasteiger partial charge in [-0.3, -0.25) is 15.6 Å². The summed E-state index contributed by atoms with van der Waals surface area (Å²) >= 11 is 5.17. The van der Waals surface area contributed by atoms with E-state index >= 15 is 0 Å². The molecule has 4 rings (SSSR count). The molecule has 11 heteroatoms. The molecule has 2 aromatic heterocycles. The lowest BCUT2D eigenvalue weighted by atomic mass is 10.1. The minimum Gasteiger partial charge on any atom is -0.497 e. The fraction of sp³-hybridized carbons (Fsp3) is 0.0952. The maximum atomic E-state index is 12.2. The highest BCUT2D eigenvalue weighted by molar-refractivity contribution is 7.80. The zero-order valence-electron chi connectivity index (χ0n) is 16.9. The van der Waals surface area contributed by atoms with Gasteiger partial charge in [0.05, 0.1) is 7.11 Å². The summed E-state index contributed by atoms with van der Waals surface area (Å²) in [5, 5.41) is 7.69. The molecule has 0 aliphatic heterocycles. The van der Waals surface area contributed by atoms with Crippen LogP contribution in [-0.2, 0) is 4.79 Å². The van der Waals surface area contributed by atoms with Gasteiger partial charge in [-0.05, 0) is 36.5 Å². The van der Waals surface area contributed by atoms with Gasteiger partial charge in [0.25, 0.3) is 11.6 Å². The summed E-state index contributed by atoms with van der Waals surface area (Å²) in [6, 6.07) is 16.6. The quantitative estimate of drug-likeness (QED) is 0.298. The number of nitrogens with one attached hydrogen (secondary N) is 3. The van der Waals surface area contributed by atoms with E-state index in [0.29, 0.717) is 11.1 Å². The van der Waals surface area contributed by atoms with Crippen molar-refractivity contribution in [2.75, 3.05) is 19.0 Å². The Labute approximate surface area is 187 Å². The number of hydrazine groups is 1. The van der Waals surface area contributed by atoms with Gasteiger partial charge in [-0.25, -0.2) is 4.98 Å². The largest absolute Gasteiger partial charge is 0.497 e. The number of aromatic nitrogens is 3. The van der Waals surface area contributed by atoms with Crippen LogP contribution in [0.2, 0.25) is 0 Å². The van der Waals surface area contributed by atoms with Crippen molar-refractivity contribution in [3.8, 4) is 22.9 Å². The summed E-state index contributed by atoms with van der Waals surface area (Å²) in [7, 11) is 1.59. The lowest BCUT2D eigenvalue weighted by Crippen LogP contribution is -2.45. The molecule has 0 saturated heterocycles. The van der Waals surface area contributed by atoms with Gasteiger partial charge < -0.3 is 19.3 Å². The van der Waals surface area contributed by atoms with Gasteiger partial charge in [0.15, 0.2) is 11.7 Å². The van der Waals surface area contributed by atoms with Crippen molar-refractivity contribution >= 4 is 40.0 Å². The van der Waals surface area contributed by atoms with Crippen LogP contribution in [0, 0.1) is 0 Å². The van der Waals surface area contributed by atoms with Gasteiger partial charge in [-0.15, -0.1) is 0 Å².